The van der Waals surface area contributed by atoms with Gasteiger partial charge in [-0.1, -0.05) is 41.4 Å². The number of hydrazone groups is 1. The van der Waals surface area contributed by atoms with Crippen LogP contribution in [0.25, 0.3) is 0 Å². The third kappa shape index (κ3) is 7.91. The maximum atomic E-state index is 13.1. The van der Waals surface area contributed by atoms with Gasteiger partial charge in [0, 0.05) is 16.3 Å². The van der Waals surface area contributed by atoms with Crippen LogP contribution in [0.5, 0.6) is 0 Å². The normalized spacial score (nSPS) is 11.5. The molecule has 0 aliphatic carbocycles. The van der Waals surface area contributed by atoms with Gasteiger partial charge >= 0.3 is 6.18 Å². The zero-order chi connectivity index (χ0) is 28.7. The average Bonchev–Trinajstić information content (AvgIpc) is 3.43. The van der Waals surface area contributed by atoms with Crippen molar-refractivity contribution in [2.45, 2.75) is 17.7 Å². The number of furan rings is 1. The van der Waals surface area contributed by atoms with Crippen molar-refractivity contribution < 1.29 is 27.2 Å². The van der Waals surface area contributed by atoms with Crippen LogP contribution in [0.2, 0.25) is 10.0 Å². The fourth-order valence-corrected chi connectivity index (χ4v) is 4.82. The Bertz CT molecular complexity index is 1540. The van der Waals surface area contributed by atoms with Crippen molar-refractivity contribution in [3.63, 3.8) is 0 Å². The third-order valence-corrected chi connectivity index (χ3v) is 7.02. The van der Waals surface area contributed by atoms with Crippen LogP contribution in [-0.4, -0.2) is 18.0 Å². The second-order valence-corrected chi connectivity index (χ2v) is 10.2. The lowest BCUT2D eigenvalue weighted by atomic mass is 10.1. The number of alkyl halides is 3. The first kappa shape index (κ1) is 29.3. The van der Waals surface area contributed by atoms with Crippen LogP contribution in [0.3, 0.4) is 0 Å². The Morgan fingerprint density at radius 3 is 2.52 bits per heavy atom. The van der Waals surface area contributed by atoms with Crippen molar-refractivity contribution >= 4 is 58.7 Å². The summed E-state index contributed by atoms with van der Waals surface area (Å²) in [7, 11) is 0. The standard InChI is InChI=1S/C28H20Cl2F3N3O3S/c29-20-7-9-25(35-26(37)19-4-1-3-18(11-19)15-40-16-21-5-2-10-39-21)22(13-20)27(38)36-34-14-17-6-8-24(30)23(12-17)28(31,32)33/h1-14H,15-16H2,(H,35,37)(H,36,38). The van der Waals surface area contributed by atoms with Gasteiger partial charge < -0.3 is 9.73 Å². The second kappa shape index (κ2) is 13.1. The Morgan fingerprint density at radius 1 is 0.950 bits per heavy atom. The van der Waals surface area contributed by atoms with Crippen LogP contribution in [0.15, 0.2) is 88.6 Å². The molecule has 0 saturated heterocycles. The number of hydrogen-bond donors (Lipinski definition) is 2. The van der Waals surface area contributed by atoms with E-state index in [0.29, 0.717) is 17.1 Å². The van der Waals surface area contributed by atoms with Gasteiger partial charge in [0.1, 0.15) is 5.76 Å². The van der Waals surface area contributed by atoms with Crippen molar-refractivity contribution in [2.24, 2.45) is 5.10 Å². The van der Waals surface area contributed by atoms with Crippen LogP contribution < -0.4 is 10.7 Å². The summed E-state index contributed by atoms with van der Waals surface area (Å²) < 4.78 is 44.6. The number of benzene rings is 3. The summed E-state index contributed by atoms with van der Waals surface area (Å²) in [6, 6.07) is 18.3. The topological polar surface area (TPSA) is 83.7 Å². The Labute approximate surface area is 241 Å². The van der Waals surface area contributed by atoms with Gasteiger partial charge in [-0.15, -0.1) is 11.8 Å². The average molecular weight is 606 g/mol. The smallest absolute Gasteiger partial charge is 0.417 e. The highest BCUT2D eigenvalue weighted by Gasteiger charge is 2.33. The lowest BCUT2D eigenvalue weighted by molar-refractivity contribution is -0.137. The molecule has 0 fully saturated rings. The van der Waals surface area contributed by atoms with E-state index in [1.165, 1.54) is 24.3 Å². The fourth-order valence-electron chi connectivity index (χ4n) is 3.54. The van der Waals surface area contributed by atoms with E-state index in [2.05, 4.69) is 15.8 Å². The molecule has 1 aromatic heterocycles. The number of nitrogens with one attached hydrogen (secondary N) is 2. The molecule has 0 spiro atoms. The molecule has 3 aromatic carbocycles. The summed E-state index contributed by atoms with van der Waals surface area (Å²) in [6.45, 7) is 0. The molecule has 2 N–H and O–H groups in total. The maximum Gasteiger partial charge on any atom is 0.417 e. The number of hydrogen-bond acceptors (Lipinski definition) is 5. The van der Waals surface area contributed by atoms with Gasteiger partial charge in [-0.2, -0.15) is 18.3 Å². The number of rotatable bonds is 9. The molecule has 2 amide bonds. The summed E-state index contributed by atoms with van der Waals surface area (Å²) in [5, 5.41) is 6.22. The lowest BCUT2D eigenvalue weighted by Gasteiger charge is -2.12. The molecule has 12 heteroatoms. The van der Waals surface area contributed by atoms with Gasteiger partial charge in [0.25, 0.3) is 11.8 Å². The third-order valence-electron chi connectivity index (χ3n) is 5.43. The minimum absolute atomic E-state index is 0.00949. The summed E-state index contributed by atoms with van der Waals surface area (Å²) in [5.41, 5.74) is 2.79. The second-order valence-electron chi connectivity index (χ2n) is 8.35. The number of nitrogens with zero attached hydrogens (tertiary/aromatic N) is 1. The largest absolute Gasteiger partial charge is 0.468 e. The van der Waals surface area contributed by atoms with Crippen LogP contribution in [0.1, 0.15) is 43.2 Å². The van der Waals surface area contributed by atoms with Crippen LogP contribution >= 0.6 is 35.0 Å². The van der Waals surface area contributed by atoms with E-state index in [4.69, 9.17) is 27.6 Å². The number of thioether (sulfide) groups is 1. The van der Waals surface area contributed by atoms with Crippen LogP contribution in [-0.2, 0) is 17.7 Å². The van der Waals surface area contributed by atoms with E-state index in [0.717, 1.165) is 29.7 Å². The molecule has 0 bridgehead atoms. The van der Waals surface area contributed by atoms with Crippen molar-refractivity contribution in [3.8, 4) is 0 Å². The van der Waals surface area contributed by atoms with Gasteiger partial charge in [0.15, 0.2) is 0 Å². The van der Waals surface area contributed by atoms with Gasteiger partial charge in [-0.05, 0) is 65.7 Å². The van der Waals surface area contributed by atoms with E-state index >= 15 is 0 Å². The molecule has 1 heterocycles. The molecule has 0 radical (unpaired) electrons. The number of carbonyl (C=O) groups excluding carboxylic acids is 2. The molecule has 0 unspecified atom stereocenters. The quantitative estimate of drug-likeness (QED) is 0.149. The molecule has 0 aliphatic heterocycles. The number of carbonyl (C=O) groups is 2. The monoisotopic (exact) mass is 605 g/mol. The lowest BCUT2D eigenvalue weighted by Crippen LogP contribution is -2.21. The molecule has 0 aliphatic rings. The minimum Gasteiger partial charge on any atom is -0.468 e. The number of anilines is 1. The SMILES string of the molecule is O=C(Nc1ccc(Cl)cc1C(=O)NN=Cc1ccc(Cl)c(C(F)(F)F)c1)c1cccc(CSCc2ccco2)c1. The minimum atomic E-state index is -4.64. The van der Waals surface area contributed by atoms with Gasteiger partial charge in [-0.3, -0.25) is 9.59 Å². The molecule has 0 atom stereocenters. The molecule has 206 valence electrons. The van der Waals surface area contributed by atoms with Crippen molar-refractivity contribution in [3.05, 3.63) is 123 Å². The van der Waals surface area contributed by atoms with E-state index < -0.39 is 28.6 Å². The van der Waals surface area contributed by atoms with Crippen molar-refractivity contribution in [1.29, 1.82) is 0 Å². The van der Waals surface area contributed by atoms with Gasteiger partial charge in [0.05, 0.1) is 40.1 Å². The van der Waals surface area contributed by atoms with Crippen LogP contribution in [0, 0.1) is 0 Å². The maximum absolute atomic E-state index is 13.1. The zero-order valence-corrected chi connectivity index (χ0v) is 22.8. The van der Waals surface area contributed by atoms with E-state index in [9.17, 15) is 22.8 Å². The highest BCUT2D eigenvalue weighted by atomic mass is 35.5. The molecule has 6 nitrogen and oxygen atoms in total. The molecule has 0 saturated carbocycles. The summed E-state index contributed by atoms with van der Waals surface area (Å²) in [6.07, 6.45) is -1.98. The van der Waals surface area contributed by atoms with Crippen molar-refractivity contribution in [1.82, 2.24) is 5.43 Å². The predicted octanol–water partition coefficient (Wildman–Crippen LogP) is 8.05. The number of amides is 2. The summed E-state index contributed by atoms with van der Waals surface area (Å²) in [5.74, 6) is 1.03. The Balaban J connectivity index is 1.43. The summed E-state index contributed by atoms with van der Waals surface area (Å²) >= 11 is 13.3. The molecular formula is C28H20Cl2F3N3O3S. The highest BCUT2D eigenvalue weighted by molar-refractivity contribution is 7.97. The predicted molar refractivity (Wildman–Crippen MR) is 151 cm³/mol. The summed E-state index contributed by atoms with van der Waals surface area (Å²) in [4.78, 5) is 25.8. The Kier molecular flexibility index (Phi) is 9.57. The van der Waals surface area contributed by atoms with Crippen LogP contribution in [0.4, 0.5) is 18.9 Å². The van der Waals surface area contributed by atoms with E-state index in [1.807, 2.05) is 18.2 Å². The van der Waals surface area contributed by atoms with E-state index in [1.54, 1.807) is 36.2 Å². The van der Waals surface area contributed by atoms with Crippen molar-refractivity contribution in [2.75, 3.05) is 5.32 Å². The first-order valence-electron chi connectivity index (χ1n) is 11.6. The first-order valence-corrected chi connectivity index (χ1v) is 13.5. The van der Waals surface area contributed by atoms with E-state index in [-0.39, 0.29) is 21.8 Å². The first-order chi connectivity index (χ1) is 19.1. The molecular weight excluding hydrogens is 586 g/mol. The Morgan fingerprint density at radius 2 is 1.77 bits per heavy atom. The molecule has 4 rings (SSSR count). The molecule has 40 heavy (non-hydrogen) atoms. The van der Waals surface area contributed by atoms with Gasteiger partial charge in [0.2, 0.25) is 0 Å². The highest BCUT2D eigenvalue weighted by Crippen LogP contribution is 2.35. The molecule has 4 aromatic rings. The fraction of sp³-hybridized carbons (Fsp3) is 0.107. The Hall–Kier alpha value is -3.73. The zero-order valence-electron chi connectivity index (χ0n) is 20.5. The number of halogens is 5. The van der Waals surface area contributed by atoms with Gasteiger partial charge in [-0.25, -0.2) is 5.43 Å².